The number of likely N-dealkylation sites (tertiary alicyclic amines) is 1. The highest BCUT2D eigenvalue weighted by atomic mass is 35.5. The minimum atomic E-state index is -0.438. The van der Waals surface area contributed by atoms with Crippen LogP contribution >= 0.6 is 34.5 Å². The minimum Gasteiger partial charge on any atom is -0.354 e. The van der Waals surface area contributed by atoms with Crippen molar-refractivity contribution in [2.24, 2.45) is 5.92 Å². The molecule has 2 heterocycles. The van der Waals surface area contributed by atoms with E-state index in [4.69, 9.17) is 23.2 Å². The molecule has 2 amide bonds. The molecule has 28 heavy (non-hydrogen) atoms. The van der Waals surface area contributed by atoms with E-state index in [9.17, 15) is 9.59 Å². The summed E-state index contributed by atoms with van der Waals surface area (Å²) in [5.41, 5.74) is 0.934. The molecule has 6 nitrogen and oxygen atoms in total. The van der Waals surface area contributed by atoms with Crippen LogP contribution in [0.4, 0.5) is 10.8 Å². The zero-order valence-corrected chi connectivity index (χ0v) is 18.0. The number of thiazole rings is 1. The number of aromatic nitrogens is 1. The molecule has 0 aliphatic carbocycles. The summed E-state index contributed by atoms with van der Waals surface area (Å²) >= 11 is 13.5. The first kappa shape index (κ1) is 20.9. The number of nitrogens with zero attached hydrogens (tertiary/aromatic N) is 2. The second-order valence-electron chi connectivity index (χ2n) is 7.06. The highest BCUT2D eigenvalue weighted by Gasteiger charge is 2.35. The van der Waals surface area contributed by atoms with E-state index in [1.807, 2.05) is 13.8 Å². The standard InChI is InChI=1S/C19H22Cl2N4O2S/c1-11(2)9-22-17(26)15-7-4-8-25(15)18(27)14-10-28-19(24-14)23-13-6-3-5-12(20)16(13)21/h3,5-6,10-11,15H,4,7-9H2,1-2H3,(H,22,26)(H,23,24)/t15-/m0/s1. The van der Waals surface area contributed by atoms with E-state index in [2.05, 4.69) is 15.6 Å². The first-order chi connectivity index (χ1) is 13.4. The topological polar surface area (TPSA) is 74.3 Å². The SMILES string of the molecule is CC(C)CNC(=O)[C@@H]1CCCN1C(=O)c1csc(Nc2cccc(Cl)c2Cl)n1. The number of anilines is 2. The molecule has 1 aromatic heterocycles. The van der Waals surface area contributed by atoms with E-state index in [0.717, 1.165) is 6.42 Å². The Balaban J connectivity index is 1.69. The summed E-state index contributed by atoms with van der Waals surface area (Å²) < 4.78 is 0. The molecule has 0 radical (unpaired) electrons. The second kappa shape index (κ2) is 9.11. The first-order valence-electron chi connectivity index (χ1n) is 9.12. The van der Waals surface area contributed by atoms with Crippen molar-refractivity contribution in [2.45, 2.75) is 32.7 Å². The van der Waals surface area contributed by atoms with Crippen molar-refractivity contribution in [1.82, 2.24) is 15.2 Å². The second-order valence-corrected chi connectivity index (χ2v) is 8.70. The Kier molecular flexibility index (Phi) is 6.80. The van der Waals surface area contributed by atoms with Crippen LogP contribution in [0.5, 0.6) is 0 Å². The van der Waals surface area contributed by atoms with Gasteiger partial charge in [-0.1, -0.05) is 43.1 Å². The number of benzene rings is 1. The van der Waals surface area contributed by atoms with Gasteiger partial charge in [0.25, 0.3) is 5.91 Å². The Morgan fingerprint density at radius 3 is 2.89 bits per heavy atom. The molecule has 9 heteroatoms. The van der Waals surface area contributed by atoms with Crippen molar-refractivity contribution in [3.63, 3.8) is 0 Å². The molecule has 2 aromatic rings. The van der Waals surface area contributed by atoms with Gasteiger partial charge in [0.15, 0.2) is 5.13 Å². The van der Waals surface area contributed by atoms with Gasteiger partial charge in [-0.3, -0.25) is 9.59 Å². The normalized spacial score (nSPS) is 16.5. The molecular weight excluding hydrogens is 419 g/mol. The molecule has 1 aromatic carbocycles. The van der Waals surface area contributed by atoms with Crippen LogP contribution in [-0.4, -0.2) is 40.8 Å². The third kappa shape index (κ3) is 4.77. The lowest BCUT2D eigenvalue weighted by Gasteiger charge is -2.23. The smallest absolute Gasteiger partial charge is 0.274 e. The van der Waals surface area contributed by atoms with Crippen LogP contribution in [-0.2, 0) is 4.79 Å². The van der Waals surface area contributed by atoms with Crippen LogP contribution in [0.1, 0.15) is 37.2 Å². The summed E-state index contributed by atoms with van der Waals surface area (Å²) in [5.74, 6) is 0.0301. The predicted molar refractivity (Wildman–Crippen MR) is 114 cm³/mol. The summed E-state index contributed by atoms with van der Waals surface area (Å²) in [6.07, 6.45) is 1.47. The lowest BCUT2D eigenvalue weighted by atomic mass is 10.1. The number of carbonyl (C=O) groups is 2. The van der Waals surface area contributed by atoms with Crippen molar-refractivity contribution in [2.75, 3.05) is 18.4 Å². The molecule has 1 aliphatic heterocycles. The summed E-state index contributed by atoms with van der Waals surface area (Å²) in [6, 6.07) is 4.82. The number of nitrogens with one attached hydrogen (secondary N) is 2. The number of hydrogen-bond acceptors (Lipinski definition) is 5. The molecule has 0 saturated carbocycles. The summed E-state index contributed by atoms with van der Waals surface area (Å²) in [7, 11) is 0. The van der Waals surface area contributed by atoms with Crippen LogP contribution < -0.4 is 10.6 Å². The van der Waals surface area contributed by atoms with Gasteiger partial charge >= 0.3 is 0 Å². The lowest BCUT2D eigenvalue weighted by molar-refractivity contribution is -0.125. The molecule has 1 aliphatic rings. The van der Waals surface area contributed by atoms with E-state index in [0.29, 0.717) is 52.0 Å². The van der Waals surface area contributed by atoms with E-state index in [1.54, 1.807) is 28.5 Å². The molecule has 2 N–H and O–H groups in total. The molecule has 0 spiro atoms. The number of amides is 2. The Labute approximate surface area is 178 Å². The van der Waals surface area contributed by atoms with Crippen LogP contribution in [0, 0.1) is 5.92 Å². The van der Waals surface area contributed by atoms with Gasteiger partial charge < -0.3 is 15.5 Å². The van der Waals surface area contributed by atoms with Gasteiger partial charge in [-0.25, -0.2) is 4.98 Å². The zero-order chi connectivity index (χ0) is 20.3. The molecular formula is C19H22Cl2N4O2S. The third-order valence-corrected chi connectivity index (χ3v) is 5.99. The largest absolute Gasteiger partial charge is 0.354 e. The summed E-state index contributed by atoms with van der Waals surface area (Å²) in [4.78, 5) is 31.3. The van der Waals surface area contributed by atoms with Crippen molar-refractivity contribution in [3.8, 4) is 0 Å². The van der Waals surface area contributed by atoms with Crippen LogP contribution in [0.15, 0.2) is 23.6 Å². The van der Waals surface area contributed by atoms with Gasteiger partial charge in [0.05, 0.1) is 15.7 Å². The van der Waals surface area contributed by atoms with E-state index in [-0.39, 0.29) is 11.8 Å². The number of halogens is 2. The molecule has 3 rings (SSSR count). The molecule has 1 fully saturated rings. The quantitative estimate of drug-likeness (QED) is 0.689. The summed E-state index contributed by atoms with van der Waals surface area (Å²) in [6.45, 7) is 5.23. The third-order valence-electron chi connectivity index (χ3n) is 4.42. The van der Waals surface area contributed by atoms with Crippen LogP contribution in [0.25, 0.3) is 0 Å². The monoisotopic (exact) mass is 440 g/mol. The number of rotatable bonds is 6. The maximum absolute atomic E-state index is 12.9. The van der Waals surface area contributed by atoms with Crippen LogP contribution in [0.3, 0.4) is 0 Å². The van der Waals surface area contributed by atoms with E-state index >= 15 is 0 Å². The maximum Gasteiger partial charge on any atom is 0.274 e. The van der Waals surface area contributed by atoms with Crippen LogP contribution in [0.2, 0.25) is 10.0 Å². The number of hydrogen-bond donors (Lipinski definition) is 2. The van der Waals surface area contributed by atoms with Crippen molar-refractivity contribution >= 4 is 57.2 Å². The van der Waals surface area contributed by atoms with Gasteiger partial charge in [-0.2, -0.15) is 0 Å². The maximum atomic E-state index is 12.9. The molecule has 0 bridgehead atoms. The van der Waals surface area contributed by atoms with Gasteiger partial charge in [0, 0.05) is 18.5 Å². The van der Waals surface area contributed by atoms with Crippen molar-refractivity contribution in [3.05, 3.63) is 39.3 Å². The van der Waals surface area contributed by atoms with Crippen molar-refractivity contribution in [1.29, 1.82) is 0 Å². The van der Waals surface area contributed by atoms with Gasteiger partial charge in [-0.05, 0) is 30.9 Å². The fourth-order valence-electron chi connectivity index (χ4n) is 3.00. The predicted octanol–water partition coefficient (Wildman–Crippen LogP) is 4.57. The number of carbonyl (C=O) groups excluding carboxylic acids is 2. The molecule has 1 saturated heterocycles. The Bertz CT molecular complexity index is 871. The van der Waals surface area contributed by atoms with Gasteiger partial charge in [-0.15, -0.1) is 11.3 Å². The minimum absolute atomic E-state index is 0.0983. The molecule has 0 unspecified atom stereocenters. The lowest BCUT2D eigenvalue weighted by Crippen LogP contribution is -2.46. The Hall–Kier alpha value is -1.83. The van der Waals surface area contributed by atoms with Crippen molar-refractivity contribution < 1.29 is 9.59 Å². The zero-order valence-electron chi connectivity index (χ0n) is 15.7. The molecule has 150 valence electrons. The molecule has 1 atom stereocenters. The fraction of sp³-hybridized carbons (Fsp3) is 0.421. The summed E-state index contributed by atoms with van der Waals surface area (Å²) in [5, 5.41) is 9.06. The highest BCUT2D eigenvalue weighted by molar-refractivity contribution is 7.14. The Morgan fingerprint density at radius 2 is 2.14 bits per heavy atom. The highest BCUT2D eigenvalue weighted by Crippen LogP contribution is 2.33. The fourth-order valence-corrected chi connectivity index (χ4v) is 4.04. The van der Waals surface area contributed by atoms with Gasteiger partial charge in [0.2, 0.25) is 5.91 Å². The van der Waals surface area contributed by atoms with E-state index in [1.165, 1.54) is 11.3 Å². The van der Waals surface area contributed by atoms with Gasteiger partial charge in [0.1, 0.15) is 11.7 Å². The average molecular weight is 441 g/mol. The Morgan fingerprint density at radius 1 is 1.36 bits per heavy atom. The average Bonchev–Trinajstić information content (AvgIpc) is 3.32. The first-order valence-corrected chi connectivity index (χ1v) is 10.8. The van der Waals surface area contributed by atoms with E-state index < -0.39 is 6.04 Å².